The number of hydrogen-bond donors (Lipinski definition) is 2. The van der Waals surface area contributed by atoms with Crippen LogP contribution >= 0.6 is 0 Å². The van der Waals surface area contributed by atoms with Crippen molar-refractivity contribution in [1.29, 1.82) is 0 Å². The summed E-state index contributed by atoms with van der Waals surface area (Å²) in [5.74, 6) is -0.926. The number of carbonyl (C=O) groups is 2. The Kier molecular flexibility index (Phi) is 4.34. The molecule has 0 spiro atoms. The number of aliphatic carboxylic acids is 1. The Morgan fingerprint density at radius 1 is 1.50 bits per heavy atom. The Hall–Kier alpha value is -1.52. The van der Waals surface area contributed by atoms with Crippen LogP contribution in [-0.2, 0) is 4.79 Å². The Bertz CT molecular complexity index is 302. The maximum atomic E-state index is 11.7. The molecular weight excluding hydrogens is 208 g/mol. The normalized spacial score (nSPS) is 20.3. The first-order valence-corrected chi connectivity index (χ1v) is 5.44. The van der Waals surface area contributed by atoms with Crippen molar-refractivity contribution in [1.82, 2.24) is 10.2 Å². The van der Waals surface area contributed by atoms with Crippen molar-refractivity contribution in [2.45, 2.75) is 32.2 Å². The molecule has 0 aromatic carbocycles. The van der Waals surface area contributed by atoms with Crippen molar-refractivity contribution in [3.05, 3.63) is 12.2 Å². The van der Waals surface area contributed by atoms with Gasteiger partial charge in [0, 0.05) is 13.1 Å². The fourth-order valence-corrected chi connectivity index (χ4v) is 1.76. The SMILES string of the molecule is C=C(C)CNC(=O)N1CCCCC1C(=O)O. The van der Waals surface area contributed by atoms with E-state index in [0.29, 0.717) is 19.5 Å². The van der Waals surface area contributed by atoms with E-state index in [1.807, 2.05) is 6.92 Å². The fraction of sp³-hybridized carbons (Fsp3) is 0.636. The Labute approximate surface area is 95.1 Å². The summed E-state index contributed by atoms with van der Waals surface area (Å²) in [6, 6.07) is -0.992. The van der Waals surface area contributed by atoms with Crippen LogP contribution in [0.3, 0.4) is 0 Å². The second-order valence-electron chi connectivity index (χ2n) is 4.16. The molecule has 0 aliphatic carbocycles. The summed E-state index contributed by atoms with van der Waals surface area (Å²) in [5.41, 5.74) is 0.845. The zero-order valence-electron chi connectivity index (χ0n) is 9.53. The van der Waals surface area contributed by atoms with Crippen molar-refractivity contribution in [3.8, 4) is 0 Å². The van der Waals surface area contributed by atoms with E-state index in [9.17, 15) is 9.59 Å². The first-order valence-electron chi connectivity index (χ1n) is 5.44. The van der Waals surface area contributed by atoms with Crippen LogP contribution in [0.4, 0.5) is 4.79 Å². The number of carboxylic acids is 1. The highest BCUT2D eigenvalue weighted by Crippen LogP contribution is 2.17. The molecule has 5 heteroatoms. The minimum atomic E-state index is -0.926. The third-order valence-electron chi connectivity index (χ3n) is 2.59. The molecule has 1 heterocycles. The predicted octanol–water partition coefficient (Wildman–Crippen LogP) is 1.21. The molecule has 1 unspecified atom stereocenters. The summed E-state index contributed by atoms with van der Waals surface area (Å²) >= 11 is 0. The van der Waals surface area contributed by atoms with Gasteiger partial charge in [-0.1, -0.05) is 12.2 Å². The summed E-state index contributed by atoms with van der Waals surface area (Å²) in [6.07, 6.45) is 2.27. The Morgan fingerprint density at radius 3 is 2.75 bits per heavy atom. The Balaban J connectivity index is 2.57. The number of urea groups is 1. The van der Waals surface area contributed by atoms with Gasteiger partial charge in [0.1, 0.15) is 6.04 Å². The van der Waals surface area contributed by atoms with Crippen LogP contribution in [-0.4, -0.2) is 41.1 Å². The van der Waals surface area contributed by atoms with Crippen LogP contribution in [0.2, 0.25) is 0 Å². The van der Waals surface area contributed by atoms with Crippen LogP contribution in [0.5, 0.6) is 0 Å². The molecule has 1 aliphatic heterocycles. The van der Waals surface area contributed by atoms with E-state index >= 15 is 0 Å². The lowest BCUT2D eigenvalue weighted by Gasteiger charge is -2.32. The fourth-order valence-electron chi connectivity index (χ4n) is 1.76. The van der Waals surface area contributed by atoms with Crippen molar-refractivity contribution < 1.29 is 14.7 Å². The second kappa shape index (κ2) is 5.53. The standard InChI is InChI=1S/C11H18N2O3/c1-8(2)7-12-11(16)13-6-4-3-5-9(13)10(14)15/h9H,1,3-7H2,2H3,(H,12,16)(H,14,15). The molecule has 1 saturated heterocycles. The van der Waals surface area contributed by atoms with Gasteiger partial charge in [-0.3, -0.25) is 0 Å². The van der Waals surface area contributed by atoms with Crippen LogP contribution < -0.4 is 5.32 Å². The van der Waals surface area contributed by atoms with Crippen LogP contribution in [0.15, 0.2) is 12.2 Å². The summed E-state index contributed by atoms with van der Waals surface area (Å²) < 4.78 is 0. The zero-order valence-corrected chi connectivity index (χ0v) is 9.53. The van der Waals surface area contributed by atoms with Crippen LogP contribution in [0.25, 0.3) is 0 Å². The monoisotopic (exact) mass is 226 g/mol. The lowest BCUT2D eigenvalue weighted by atomic mass is 10.0. The molecule has 2 N–H and O–H groups in total. The maximum absolute atomic E-state index is 11.7. The van der Waals surface area contributed by atoms with E-state index < -0.39 is 12.0 Å². The van der Waals surface area contributed by atoms with E-state index in [2.05, 4.69) is 11.9 Å². The maximum Gasteiger partial charge on any atom is 0.326 e. The molecule has 2 amide bonds. The topological polar surface area (TPSA) is 69.6 Å². The molecule has 1 rings (SSSR count). The first-order chi connectivity index (χ1) is 7.52. The lowest BCUT2D eigenvalue weighted by molar-refractivity contribution is -0.143. The highest BCUT2D eigenvalue weighted by molar-refractivity contribution is 5.82. The van der Waals surface area contributed by atoms with E-state index in [1.54, 1.807) is 0 Å². The van der Waals surface area contributed by atoms with Crippen LogP contribution in [0, 0.1) is 0 Å². The van der Waals surface area contributed by atoms with Crippen molar-refractivity contribution in [2.75, 3.05) is 13.1 Å². The van der Waals surface area contributed by atoms with Gasteiger partial charge >= 0.3 is 12.0 Å². The highest BCUT2D eigenvalue weighted by Gasteiger charge is 2.31. The quantitative estimate of drug-likeness (QED) is 0.711. The molecule has 90 valence electrons. The third-order valence-corrected chi connectivity index (χ3v) is 2.59. The molecule has 0 aromatic heterocycles. The van der Waals surface area contributed by atoms with E-state index in [4.69, 9.17) is 5.11 Å². The summed E-state index contributed by atoms with van der Waals surface area (Å²) in [7, 11) is 0. The van der Waals surface area contributed by atoms with Crippen LogP contribution in [0.1, 0.15) is 26.2 Å². The van der Waals surface area contributed by atoms with Gasteiger partial charge in [0.25, 0.3) is 0 Å². The smallest absolute Gasteiger partial charge is 0.326 e. The molecule has 0 aromatic rings. The van der Waals surface area contributed by atoms with Crippen molar-refractivity contribution in [3.63, 3.8) is 0 Å². The van der Waals surface area contributed by atoms with Gasteiger partial charge in [-0.05, 0) is 26.2 Å². The number of amides is 2. The number of nitrogens with zero attached hydrogens (tertiary/aromatic N) is 1. The summed E-state index contributed by atoms with van der Waals surface area (Å²) in [4.78, 5) is 24.1. The van der Waals surface area contributed by atoms with E-state index in [1.165, 1.54) is 4.90 Å². The number of nitrogens with one attached hydrogen (secondary N) is 1. The first kappa shape index (κ1) is 12.5. The summed E-state index contributed by atoms with van der Waals surface area (Å²) in [6.45, 7) is 6.39. The van der Waals surface area contributed by atoms with E-state index in [-0.39, 0.29) is 6.03 Å². The average molecular weight is 226 g/mol. The minimum absolute atomic E-state index is 0.310. The molecule has 1 atom stereocenters. The molecule has 1 fully saturated rings. The number of carboxylic acid groups (broad SMARTS) is 1. The van der Waals surface area contributed by atoms with Gasteiger partial charge in [0.15, 0.2) is 0 Å². The van der Waals surface area contributed by atoms with Crippen molar-refractivity contribution >= 4 is 12.0 Å². The molecule has 0 bridgehead atoms. The minimum Gasteiger partial charge on any atom is -0.480 e. The number of hydrogen-bond acceptors (Lipinski definition) is 2. The summed E-state index contributed by atoms with van der Waals surface area (Å²) in [5, 5.41) is 11.7. The average Bonchev–Trinajstić information content (AvgIpc) is 2.25. The van der Waals surface area contributed by atoms with Gasteiger partial charge in [0.2, 0.25) is 0 Å². The Morgan fingerprint density at radius 2 is 2.19 bits per heavy atom. The van der Waals surface area contributed by atoms with Crippen molar-refractivity contribution in [2.24, 2.45) is 0 Å². The number of carbonyl (C=O) groups excluding carboxylic acids is 1. The molecule has 0 saturated carbocycles. The number of likely N-dealkylation sites (tertiary alicyclic amines) is 1. The molecule has 0 radical (unpaired) electrons. The van der Waals surface area contributed by atoms with Gasteiger partial charge in [-0.2, -0.15) is 0 Å². The molecule has 16 heavy (non-hydrogen) atoms. The zero-order chi connectivity index (χ0) is 12.1. The predicted molar refractivity (Wildman–Crippen MR) is 60.2 cm³/mol. The lowest BCUT2D eigenvalue weighted by Crippen LogP contribution is -2.52. The highest BCUT2D eigenvalue weighted by atomic mass is 16.4. The van der Waals surface area contributed by atoms with E-state index in [0.717, 1.165) is 18.4 Å². The van der Waals surface area contributed by atoms with Gasteiger partial charge in [0.05, 0.1) is 0 Å². The van der Waals surface area contributed by atoms with Gasteiger partial charge < -0.3 is 15.3 Å². The number of rotatable bonds is 3. The number of piperidine rings is 1. The molecular formula is C11H18N2O3. The second-order valence-corrected chi connectivity index (χ2v) is 4.16. The third kappa shape index (κ3) is 3.25. The molecule has 5 nitrogen and oxygen atoms in total. The van der Waals surface area contributed by atoms with Gasteiger partial charge in [-0.25, -0.2) is 9.59 Å². The van der Waals surface area contributed by atoms with Gasteiger partial charge in [-0.15, -0.1) is 0 Å². The largest absolute Gasteiger partial charge is 0.480 e. The molecule has 1 aliphatic rings.